The van der Waals surface area contributed by atoms with Gasteiger partial charge in [0, 0.05) is 0 Å². The maximum absolute atomic E-state index is 11.7. The normalized spacial score (nSPS) is 12.5. The van der Waals surface area contributed by atoms with E-state index >= 15 is 0 Å². The molecule has 0 spiro atoms. The van der Waals surface area contributed by atoms with Gasteiger partial charge in [0.2, 0.25) is 10.0 Å². The Morgan fingerprint density at radius 2 is 1.94 bits per heavy atom. The van der Waals surface area contributed by atoms with E-state index in [9.17, 15) is 8.42 Å². The van der Waals surface area contributed by atoms with E-state index in [0.717, 1.165) is 0 Å². The van der Waals surface area contributed by atoms with E-state index in [0.29, 0.717) is 6.42 Å². The molecule has 1 rings (SSSR count). The van der Waals surface area contributed by atoms with Gasteiger partial charge in [0.05, 0.1) is 18.1 Å². The molecule has 0 aliphatic rings. The van der Waals surface area contributed by atoms with Gasteiger partial charge in [-0.2, -0.15) is 0 Å². The standard InChI is InChI=1S/C10H16ClN3O2S/c1-10(2,3)4-5-17(15,16)14-9-7-12-8(11)6-13-9/h6-7H,4-5H2,1-3H3,(H,13,14). The van der Waals surface area contributed by atoms with Crippen LogP contribution in [0.4, 0.5) is 5.82 Å². The van der Waals surface area contributed by atoms with E-state index in [4.69, 9.17) is 11.6 Å². The lowest BCUT2D eigenvalue weighted by Crippen LogP contribution is -2.21. The highest BCUT2D eigenvalue weighted by Crippen LogP contribution is 2.19. The van der Waals surface area contributed by atoms with Crippen molar-refractivity contribution in [3.63, 3.8) is 0 Å². The second-order valence-electron chi connectivity index (χ2n) is 4.96. The highest BCUT2D eigenvalue weighted by atomic mass is 35.5. The molecular formula is C10H16ClN3O2S. The lowest BCUT2D eigenvalue weighted by atomic mass is 9.94. The van der Waals surface area contributed by atoms with Gasteiger partial charge in [-0.15, -0.1) is 0 Å². The summed E-state index contributed by atoms with van der Waals surface area (Å²) in [5.41, 5.74) is -0.0274. The zero-order valence-corrected chi connectivity index (χ0v) is 11.6. The Morgan fingerprint density at radius 1 is 1.29 bits per heavy atom. The van der Waals surface area contributed by atoms with E-state index in [2.05, 4.69) is 14.7 Å². The van der Waals surface area contributed by atoms with Gasteiger partial charge < -0.3 is 0 Å². The fraction of sp³-hybridized carbons (Fsp3) is 0.600. The number of nitrogens with one attached hydrogen (secondary N) is 1. The minimum atomic E-state index is -3.38. The van der Waals surface area contributed by atoms with Crippen LogP contribution in [0, 0.1) is 5.41 Å². The van der Waals surface area contributed by atoms with Crippen LogP contribution < -0.4 is 4.72 Å². The predicted molar refractivity (Wildman–Crippen MR) is 68.5 cm³/mol. The summed E-state index contributed by atoms with van der Waals surface area (Å²) in [6, 6.07) is 0. The van der Waals surface area contributed by atoms with Crippen LogP contribution in [-0.2, 0) is 10.0 Å². The fourth-order valence-corrected chi connectivity index (χ4v) is 2.52. The third-order valence-electron chi connectivity index (χ3n) is 2.00. The van der Waals surface area contributed by atoms with Crippen LogP contribution in [0.25, 0.3) is 0 Å². The van der Waals surface area contributed by atoms with Gasteiger partial charge in [-0.3, -0.25) is 4.72 Å². The average Bonchev–Trinajstić information content (AvgIpc) is 2.18. The van der Waals surface area contributed by atoms with Crippen molar-refractivity contribution in [2.45, 2.75) is 27.2 Å². The van der Waals surface area contributed by atoms with Gasteiger partial charge in [0.15, 0.2) is 5.82 Å². The first-order valence-electron chi connectivity index (χ1n) is 5.16. The highest BCUT2D eigenvalue weighted by molar-refractivity contribution is 7.92. The Hall–Kier alpha value is -0.880. The lowest BCUT2D eigenvalue weighted by Gasteiger charge is -2.17. The van der Waals surface area contributed by atoms with Crippen molar-refractivity contribution in [1.82, 2.24) is 9.97 Å². The zero-order chi connectivity index (χ0) is 13.1. The third kappa shape index (κ3) is 5.83. The number of aromatic nitrogens is 2. The molecule has 0 aliphatic carbocycles. The van der Waals surface area contributed by atoms with E-state index in [-0.39, 0.29) is 22.1 Å². The Bertz CT molecular complexity index is 465. The average molecular weight is 278 g/mol. The molecule has 1 heterocycles. The molecule has 7 heteroatoms. The first-order valence-corrected chi connectivity index (χ1v) is 7.19. The van der Waals surface area contributed by atoms with Crippen molar-refractivity contribution in [3.8, 4) is 0 Å². The molecule has 0 aliphatic heterocycles. The molecule has 0 bridgehead atoms. The Kier molecular flexibility index (Phi) is 4.32. The largest absolute Gasteiger partial charge is 0.266 e. The van der Waals surface area contributed by atoms with Crippen molar-refractivity contribution in [2.24, 2.45) is 5.41 Å². The molecule has 1 aromatic heterocycles. The zero-order valence-electron chi connectivity index (χ0n) is 10.1. The molecule has 0 amide bonds. The van der Waals surface area contributed by atoms with Crippen LogP contribution in [0.2, 0.25) is 5.15 Å². The van der Waals surface area contributed by atoms with Crippen molar-refractivity contribution < 1.29 is 8.42 Å². The molecule has 0 radical (unpaired) electrons. The molecule has 0 saturated heterocycles. The maximum Gasteiger partial charge on any atom is 0.233 e. The highest BCUT2D eigenvalue weighted by Gasteiger charge is 2.17. The molecule has 5 nitrogen and oxygen atoms in total. The van der Waals surface area contributed by atoms with Gasteiger partial charge in [0.25, 0.3) is 0 Å². The quantitative estimate of drug-likeness (QED) is 0.917. The SMILES string of the molecule is CC(C)(C)CCS(=O)(=O)Nc1cnc(Cl)cn1. The van der Waals surface area contributed by atoms with Crippen molar-refractivity contribution >= 4 is 27.4 Å². The predicted octanol–water partition coefficient (Wildman–Crippen LogP) is 2.31. The second kappa shape index (κ2) is 5.18. The molecule has 0 atom stereocenters. The molecule has 0 fully saturated rings. The number of sulfonamides is 1. The summed E-state index contributed by atoms with van der Waals surface area (Å²) in [4.78, 5) is 7.57. The third-order valence-corrected chi connectivity index (χ3v) is 3.46. The number of rotatable bonds is 4. The number of anilines is 1. The number of hydrogen-bond donors (Lipinski definition) is 1. The summed E-state index contributed by atoms with van der Waals surface area (Å²) < 4.78 is 25.8. The molecule has 0 unspecified atom stereocenters. The summed E-state index contributed by atoms with van der Waals surface area (Å²) in [7, 11) is -3.38. The van der Waals surface area contributed by atoms with Gasteiger partial charge in [-0.25, -0.2) is 18.4 Å². The maximum atomic E-state index is 11.7. The number of nitrogens with zero attached hydrogens (tertiary/aromatic N) is 2. The first kappa shape index (κ1) is 14.2. The van der Waals surface area contributed by atoms with Gasteiger partial charge in [-0.05, 0) is 11.8 Å². The molecule has 1 N–H and O–H groups in total. The minimum Gasteiger partial charge on any atom is -0.266 e. The van der Waals surface area contributed by atoms with Crippen LogP contribution in [0.3, 0.4) is 0 Å². The van der Waals surface area contributed by atoms with E-state index in [1.807, 2.05) is 20.8 Å². The van der Waals surface area contributed by atoms with Crippen LogP contribution in [0.1, 0.15) is 27.2 Å². The Labute approximate surface area is 107 Å². The molecular weight excluding hydrogens is 262 g/mol. The molecule has 0 aromatic carbocycles. The number of halogens is 1. The lowest BCUT2D eigenvalue weighted by molar-refractivity contribution is 0.397. The fourth-order valence-electron chi connectivity index (χ4n) is 1.02. The minimum absolute atomic E-state index is 0.0274. The second-order valence-corrected chi connectivity index (χ2v) is 7.19. The van der Waals surface area contributed by atoms with Crippen LogP contribution in [0.5, 0.6) is 0 Å². The summed E-state index contributed by atoms with van der Waals surface area (Å²) >= 11 is 5.55. The van der Waals surface area contributed by atoms with Crippen molar-refractivity contribution in [3.05, 3.63) is 17.5 Å². The Balaban J connectivity index is 2.64. The molecule has 96 valence electrons. The molecule has 1 aromatic rings. The Morgan fingerprint density at radius 3 is 2.41 bits per heavy atom. The van der Waals surface area contributed by atoms with Gasteiger partial charge in [-0.1, -0.05) is 32.4 Å². The first-order chi connectivity index (χ1) is 7.68. The molecule has 0 saturated carbocycles. The molecule has 17 heavy (non-hydrogen) atoms. The monoisotopic (exact) mass is 277 g/mol. The van der Waals surface area contributed by atoms with Crippen LogP contribution >= 0.6 is 11.6 Å². The van der Waals surface area contributed by atoms with Crippen molar-refractivity contribution in [1.29, 1.82) is 0 Å². The summed E-state index contributed by atoms with van der Waals surface area (Å²) in [6.07, 6.45) is 3.16. The smallest absolute Gasteiger partial charge is 0.233 e. The van der Waals surface area contributed by atoms with E-state index in [1.54, 1.807) is 0 Å². The van der Waals surface area contributed by atoms with Gasteiger partial charge >= 0.3 is 0 Å². The summed E-state index contributed by atoms with van der Waals surface area (Å²) in [5.74, 6) is 0.240. The van der Waals surface area contributed by atoms with E-state index < -0.39 is 10.0 Å². The van der Waals surface area contributed by atoms with E-state index in [1.165, 1.54) is 12.4 Å². The summed E-state index contributed by atoms with van der Waals surface area (Å²) in [6.45, 7) is 5.97. The van der Waals surface area contributed by atoms with Crippen LogP contribution in [-0.4, -0.2) is 24.1 Å². The van der Waals surface area contributed by atoms with Crippen molar-refractivity contribution in [2.75, 3.05) is 10.5 Å². The van der Waals surface area contributed by atoms with Gasteiger partial charge in [0.1, 0.15) is 5.15 Å². The topological polar surface area (TPSA) is 72.0 Å². The van der Waals surface area contributed by atoms with Crippen LogP contribution in [0.15, 0.2) is 12.4 Å². The number of hydrogen-bond acceptors (Lipinski definition) is 4. The summed E-state index contributed by atoms with van der Waals surface area (Å²) in [5, 5.41) is 0.225.